The molecular formula is C12H16O4S. The Bertz CT molecular complexity index is 386. The molecular weight excluding hydrogens is 240 g/mol. The van der Waals surface area contributed by atoms with Crippen molar-refractivity contribution >= 4 is 16.8 Å². The van der Waals surface area contributed by atoms with E-state index in [0.717, 1.165) is 11.3 Å². The molecule has 1 atom stereocenters. The van der Waals surface area contributed by atoms with E-state index in [1.54, 1.807) is 0 Å². The summed E-state index contributed by atoms with van der Waals surface area (Å²) in [6.45, 7) is 2.33. The van der Waals surface area contributed by atoms with E-state index in [1.165, 1.54) is 0 Å². The number of carboxylic acid groups (broad SMARTS) is 1. The molecule has 0 aliphatic heterocycles. The predicted octanol–water partition coefficient (Wildman–Crippen LogP) is 1.60. The van der Waals surface area contributed by atoms with Gasteiger partial charge in [0.15, 0.2) is 0 Å². The van der Waals surface area contributed by atoms with Gasteiger partial charge in [-0.15, -0.1) is 0 Å². The molecule has 1 unspecified atom stereocenters. The molecule has 94 valence electrons. The minimum Gasteiger partial charge on any atom is -0.493 e. The number of aryl methyl sites for hydroxylation is 1. The van der Waals surface area contributed by atoms with Gasteiger partial charge in [0.25, 0.3) is 0 Å². The van der Waals surface area contributed by atoms with Crippen molar-refractivity contribution in [1.82, 2.24) is 0 Å². The van der Waals surface area contributed by atoms with Gasteiger partial charge in [0, 0.05) is 16.6 Å². The van der Waals surface area contributed by atoms with Crippen LogP contribution in [-0.4, -0.2) is 33.4 Å². The minimum atomic E-state index is -1.12. The fourth-order valence-corrected chi connectivity index (χ4v) is 2.07. The summed E-state index contributed by atoms with van der Waals surface area (Å²) in [5.74, 6) is 0.372. The summed E-state index contributed by atoms with van der Waals surface area (Å²) in [4.78, 5) is 10.3. The van der Waals surface area contributed by atoms with Crippen LogP contribution in [0, 0.1) is 6.92 Å². The first-order valence-corrected chi connectivity index (χ1v) is 6.83. The lowest BCUT2D eigenvalue weighted by molar-refractivity contribution is -0.136. The first-order valence-electron chi connectivity index (χ1n) is 5.34. The third kappa shape index (κ3) is 6.06. The van der Waals surface area contributed by atoms with Crippen molar-refractivity contribution in [3.05, 3.63) is 29.8 Å². The third-order valence-electron chi connectivity index (χ3n) is 2.14. The molecule has 5 heteroatoms. The molecule has 0 radical (unpaired) electrons. The summed E-state index contributed by atoms with van der Waals surface area (Å²) in [5.41, 5.74) is 1.15. The number of carboxylic acids is 1. The molecule has 0 spiro atoms. The Hall–Kier alpha value is -1.36. The fraction of sp³-hybridized carbons (Fsp3) is 0.417. The second-order valence-electron chi connectivity index (χ2n) is 3.65. The monoisotopic (exact) mass is 256 g/mol. The quantitative estimate of drug-likeness (QED) is 0.804. The van der Waals surface area contributed by atoms with Gasteiger partial charge >= 0.3 is 5.97 Å². The van der Waals surface area contributed by atoms with Gasteiger partial charge < -0.3 is 9.84 Å². The Morgan fingerprint density at radius 3 is 2.53 bits per heavy atom. The lowest BCUT2D eigenvalue weighted by Gasteiger charge is -2.05. The average molecular weight is 256 g/mol. The predicted molar refractivity (Wildman–Crippen MR) is 66.8 cm³/mol. The topological polar surface area (TPSA) is 63.6 Å². The van der Waals surface area contributed by atoms with Crippen LogP contribution in [0.3, 0.4) is 0 Å². The zero-order valence-electron chi connectivity index (χ0n) is 9.72. The maximum atomic E-state index is 11.4. The van der Waals surface area contributed by atoms with E-state index < -0.39 is 16.8 Å². The molecule has 0 heterocycles. The Labute approximate surface area is 103 Å². The molecule has 0 aromatic heterocycles. The SMILES string of the molecule is Cc1ccc(OCCS(=O)CCC(=O)O)cc1. The van der Waals surface area contributed by atoms with Crippen LogP contribution in [0.4, 0.5) is 0 Å². The normalized spacial score (nSPS) is 12.1. The van der Waals surface area contributed by atoms with Crippen LogP contribution in [-0.2, 0) is 15.6 Å². The van der Waals surface area contributed by atoms with Gasteiger partial charge in [-0.2, -0.15) is 0 Å². The van der Waals surface area contributed by atoms with Crippen molar-refractivity contribution in [2.24, 2.45) is 0 Å². The highest BCUT2D eigenvalue weighted by molar-refractivity contribution is 7.85. The van der Waals surface area contributed by atoms with E-state index in [2.05, 4.69) is 0 Å². The largest absolute Gasteiger partial charge is 0.493 e. The van der Waals surface area contributed by atoms with E-state index in [0.29, 0.717) is 12.4 Å². The lowest BCUT2D eigenvalue weighted by Crippen LogP contribution is -2.13. The lowest BCUT2D eigenvalue weighted by atomic mass is 10.2. The third-order valence-corrected chi connectivity index (χ3v) is 3.43. The van der Waals surface area contributed by atoms with E-state index in [4.69, 9.17) is 9.84 Å². The maximum absolute atomic E-state index is 11.4. The Kier molecular flexibility index (Phi) is 5.69. The van der Waals surface area contributed by atoms with Crippen molar-refractivity contribution in [3.8, 4) is 5.75 Å². The number of hydrogen-bond donors (Lipinski definition) is 1. The van der Waals surface area contributed by atoms with Crippen molar-refractivity contribution in [1.29, 1.82) is 0 Å². The molecule has 0 bridgehead atoms. The maximum Gasteiger partial charge on any atom is 0.304 e. The molecule has 0 amide bonds. The number of rotatable bonds is 7. The van der Waals surface area contributed by atoms with Crippen molar-refractivity contribution in [2.45, 2.75) is 13.3 Å². The van der Waals surface area contributed by atoms with Crippen LogP contribution in [0.15, 0.2) is 24.3 Å². The summed E-state index contributed by atoms with van der Waals surface area (Å²) in [7, 11) is -1.12. The molecule has 1 N–H and O–H groups in total. The van der Waals surface area contributed by atoms with Crippen LogP contribution in [0.25, 0.3) is 0 Å². The molecule has 0 fully saturated rings. The second kappa shape index (κ2) is 7.06. The average Bonchev–Trinajstić information content (AvgIpc) is 2.29. The molecule has 0 saturated carbocycles. The zero-order chi connectivity index (χ0) is 12.7. The fourth-order valence-electron chi connectivity index (χ4n) is 1.19. The summed E-state index contributed by atoms with van der Waals surface area (Å²) in [5, 5.41) is 8.43. The van der Waals surface area contributed by atoms with Gasteiger partial charge in [-0.3, -0.25) is 9.00 Å². The van der Waals surface area contributed by atoms with Gasteiger partial charge in [0.1, 0.15) is 5.75 Å². The van der Waals surface area contributed by atoms with Crippen LogP contribution in [0.5, 0.6) is 5.75 Å². The molecule has 4 nitrogen and oxygen atoms in total. The van der Waals surface area contributed by atoms with Crippen LogP contribution >= 0.6 is 0 Å². The summed E-state index contributed by atoms with van der Waals surface area (Å²) >= 11 is 0. The molecule has 0 aliphatic carbocycles. The number of aliphatic carboxylic acids is 1. The first kappa shape index (κ1) is 13.7. The number of hydrogen-bond acceptors (Lipinski definition) is 3. The Morgan fingerprint density at radius 1 is 1.29 bits per heavy atom. The number of benzene rings is 1. The highest BCUT2D eigenvalue weighted by Crippen LogP contribution is 2.11. The first-order chi connectivity index (χ1) is 8.08. The van der Waals surface area contributed by atoms with Crippen molar-refractivity contribution in [3.63, 3.8) is 0 Å². The van der Waals surface area contributed by atoms with Gasteiger partial charge in [0.2, 0.25) is 0 Å². The summed E-state index contributed by atoms with van der Waals surface area (Å²) in [6.07, 6.45) is -0.0584. The van der Waals surface area contributed by atoms with Gasteiger partial charge in [-0.25, -0.2) is 0 Å². The molecule has 0 aliphatic rings. The highest BCUT2D eigenvalue weighted by atomic mass is 32.2. The Morgan fingerprint density at radius 2 is 1.94 bits per heavy atom. The minimum absolute atomic E-state index is 0.0584. The molecule has 1 aromatic rings. The smallest absolute Gasteiger partial charge is 0.304 e. The second-order valence-corrected chi connectivity index (χ2v) is 5.35. The zero-order valence-corrected chi connectivity index (χ0v) is 10.5. The summed E-state index contributed by atoms with van der Waals surface area (Å²) < 4.78 is 16.8. The standard InChI is InChI=1S/C12H16O4S/c1-10-2-4-11(5-3-10)16-7-9-17(15)8-6-12(13)14/h2-5H,6-9H2,1H3,(H,13,14). The summed E-state index contributed by atoms with van der Waals surface area (Å²) in [6, 6.07) is 7.60. The molecule has 1 rings (SSSR count). The van der Waals surface area contributed by atoms with Crippen molar-refractivity contribution < 1.29 is 18.8 Å². The van der Waals surface area contributed by atoms with Crippen LogP contribution < -0.4 is 4.74 Å². The van der Waals surface area contributed by atoms with Gasteiger partial charge in [-0.05, 0) is 19.1 Å². The van der Waals surface area contributed by atoms with Crippen LogP contribution in [0.1, 0.15) is 12.0 Å². The van der Waals surface area contributed by atoms with Gasteiger partial charge in [0.05, 0.1) is 18.8 Å². The number of carbonyl (C=O) groups is 1. The van der Waals surface area contributed by atoms with Crippen molar-refractivity contribution in [2.75, 3.05) is 18.1 Å². The van der Waals surface area contributed by atoms with E-state index in [1.807, 2.05) is 31.2 Å². The Balaban J connectivity index is 2.21. The molecule has 17 heavy (non-hydrogen) atoms. The molecule has 0 saturated heterocycles. The highest BCUT2D eigenvalue weighted by Gasteiger charge is 2.04. The van der Waals surface area contributed by atoms with E-state index in [-0.39, 0.29) is 12.2 Å². The molecule has 1 aromatic carbocycles. The van der Waals surface area contributed by atoms with Crippen LogP contribution in [0.2, 0.25) is 0 Å². The van der Waals surface area contributed by atoms with E-state index >= 15 is 0 Å². The van der Waals surface area contributed by atoms with Gasteiger partial charge in [-0.1, -0.05) is 17.7 Å². The van der Waals surface area contributed by atoms with E-state index in [9.17, 15) is 9.00 Å². The number of ether oxygens (including phenoxy) is 1.